The van der Waals surface area contributed by atoms with Crippen molar-refractivity contribution >= 4 is 5.97 Å². The van der Waals surface area contributed by atoms with Gasteiger partial charge in [-0.25, -0.2) is 4.79 Å². The Kier molecular flexibility index (Phi) is 4.00. The Morgan fingerprint density at radius 2 is 1.78 bits per heavy atom. The second-order valence-electron chi connectivity index (χ2n) is 5.92. The Morgan fingerprint density at radius 3 is 2.00 bits per heavy atom. The molecule has 3 saturated carbocycles. The van der Waals surface area contributed by atoms with Crippen LogP contribution in [-0.2, 0) is 4.79 Å². The summed E-state index contributed by atoms with van der Waals surface area (Å²) in [6.45, 7) is 7.15. The molecule has 0 radical (unpaired) electrons. The third-order valence-corrected chi connectivity index (χ3v) is 4.66. The number of hydrogen-bond donors (Lipinski definition) is 2. The van der Waals surface area contributed by atoms with E-state index in [0.29, 0.717) is 11.5 Å². The first-order valence-corrected chi connectivity index (χ1v) is 6.03. The number of halogens is 3. The summed E-state index contributed by atoms with van der Waals surface area (Å²) < 4.78 is 31.7. The number of nitrogens with two attached hydrogens (primary N) is 1. The van der Waals surface area contributed by atoms with E-state index in [-0.39, 0.29) is 0 Å². The van der Waals surface area contributed by atoms with E-state index >= 15 is 0 Å². The summed E-state index contributed by atoms with van der Waals surface area (Å²) in [6.07, 6.45) is -2.37. The quantitative estimate of drug-likeness (QED) is 0.709. The lowest BCUT2D eigenvalue weighted by Crippen LogP contribution is -2.58. The maximum absolute atomic E-state index is 10.6. The highest BCUT2D eigenvalue weighted by atomic mass is 19.4. The monoisotopic (exact) mass is 267 g/mol. The van der Waals surface area contributed by atoms with Crippen molar-refractivity contribution in [3.05, 3.63) is 0 Å². The lowest BCUT2D eigenvalue weighted by atomic mass is 9.45. The Labute approximate surface area is 105 Å². The number of carboxylic acid groups (broad SMARTS) is 1. The smallest absolute Gasteiger partial charge is 0.475 e. The van der Waals surface area contributed by atoms with E-state index in [4.69, 9.17) is 15.6 Å². The summed E-state index contributed by atoms with van der Waals surface area (Å²) in [5.41, 5.74) is 6.63. The zero-order chi connectivity index (χ0) is 14.3. The van der Waals surface area contributed by atoms with E-state index in [2.05, 4.69) is 20.8 Å². The fourth-order valence-corrected chi connectivity index (χ4v) is 3.19. The topological polar surface area (TPSA) is 63.3 Å². The van der Waals surface area contributed by atoms with E-state index in [1.165, 1.54) is 12.8 Å². The molecule has 2 bridgehead atoms. The molecule has 3 N–H and O–H groups in total. The number of carboxylic acids is 1. The van der Waals surface area contributed by atoms with Crippen molar-refractivity contribution < 1.29 is 23.1 Å². The van der Waals surface area contributed by atoms with Gasteiger partial charge in [0.2, 0.25) is 0 Å². The molecule has 3 fully saturated rings. The van der Waals surface area contributed by atoms with Gasteiger partial charge in [-0.15, -0.1) is 0 Å². The Morgan fingerprint density at radius 1 is 1.33 bits per heavy atom. The van der Waals surface area contributed by atoms with Gasteiger partial charge in [-0.05, 0) is 36.0 Å². The maximum Gasteiger partial charge on any atom is 0.490 e. The molecule has 3 nitrogen and oxygen atoms in total. The van der Waals surface area contributed by atoms with Crippen LogP contribution in [0.25, 0.3) is 0 Å². The molecule has 0 aliphatic heterocycles. The van der Waals surface area contributed by atoms with Crippen molar-refractivity contribution in [2.45, 2.75) is 45.8 Å². The molecule has 0 aromatic rings. The fourth-order valence-electron chi connectivity index (χ4n) is 3.19. The molecule has 3 rings (SSSR count). The van der Waals surface area contributed by atoms with Crippen LogP contribution in [0, 0.1) is 23.2 Å². The van der Waals surface area contributed by atoms with Gasteiger partial charge in [-0.3, -0.25) is 0 Å². The lowest BCUT2D eigenvalue weighted by molar-refractivity contribution is -0.192. The minimum atomic E-state index is -5.08. The van der Waals surface area contributed by atoms with Crippen LogP contribution in [0.4, 0.5) is 13.2 Å². The van der Waals surface area contributed by atoms with Crippen molar-refractivity contribution in [3.8, 4) is 0 Å². The fraction of sp³-hybridized carbons (Fsp3) is 0.917. The van der Waals surface area contributed by atoms with Gasteiger partial charge in [0.05, 0.1) is 0 Å². The van der Waals surface area contributed by atoms with Gasteiger partial charge in [-0.2, -0.15) is 13.2 Å². The molecule has 0 amide bonds. The average Bonchev–Trinajstić information content (AvgIpc) is 2.20. The van der Waals surface area contributed by atoms with Crippen molar-refractivity contribution in [3.63, 3.8) is 0 Å². The van der Waals surface area contributed by atoms with Crippen LogP contribution in [0.5, 0.6) is 0 Å². The molecule has 0 aromatic carbocycles. The van der Waals surface area contributed by atoms with Crippen LogP contribution in [0.1, 0.15) is 33.6 Å². The van der Waals surface area contributed by atoms with Gasteiger partial charge in [0, 0.05) is 6.04 Å². The highest BCUT2D eigenvalue weighted by molar-refractivity contribution is 5.73. The minimum Gasteiger partial charge on any atom is -0.475 e. The molecule has 18 heavy (non-hydrogen) atoms. The van der Waals surface area contributed by atoms with E-state index in [1.54, 1.807) is 0 Å². The number of carbonyl (C=O) groups is 1. The zero-order valence-electron chi connectivity index (χ0n) is 10.8. The summed E-state index contributed by atoms with van der Waals surface area (Å²) in [4.78, 5) is 8.90. The molecule has 0 unspecified atom stereocenters. The molecule has 0 heterocycles. The van der Waals surface area contributed by atoms with E-state index in [9.17, 15) is 13.2 Å². The van der Waals surface area contributed by atoms with Crippen LogP contribution in [0.15, 0.2) is 0 Å². The summed E-state index contributed by atoms with van der Waals surface area (Å²) in [7, 11) is 0. The minimum absolute atomic E-state index is 0.492. The largest absolute Gasteiger partial charge is 0.490 e. The molecule has 3 aliphatic rings. The van der Waals surface area contributed by atoms with Crippen LogP contribution in [0.2, 0.25) is 0 Å². The summed E-state index contributed by atoms with van der Waals surface area (Å²) in [5, 5.41) is 7.12. The Hall–Kier alpha value is -0.780. The number of alkyl halides is 3. The number of rotatable bonds is 0. The second kappa shape index (κ2) is 4.72. The predicted molar refractivity (Wildman–Crippen MR) is 60.8 cm³/mol. The van der Waals surface area contributed by atoms with Crippen LogP contribution in [-0.4, -0.2) is 23.3 Å². The maximum atomic E-state index is 10.6. The molecule has 0 spiro atoms. The van der Waals surface area contributed by atoms with Gasteiger partial charge >= 0.3 is 12.1 Å². The second-order valence-corrected chi connectivity index (χ2v) is 5.92. The van der Waals surface area contributed by atoms with Gasteiger partial charge in [0.15, 0.2) is 0 Å². The predicted octanol–water partition coefficient (Wildman–Crippen LogP) is 2.65. The summed E-state index contributed by atoms with van der Waals surface area (Å²) in [5.74, 6) is -0.155. The first-order chi connectivity index (χ1) is 7.98. The molecular weight excluding hydrogens is 247 g/mol. The van der Waals surface area contributed by atoms with Crippen molar-refractivity contribution in [2.24, 2.45) is 28.9 Å². The molecule has 3 aliphatic carbocycles. The molecule has 6 heteroatoms. The van der Waals surface area contributed by atoms with Gasteiger partial charge < -0.3 is 10.8 Å². The average molecular weight is 267 g/mol. The molecule has 106 valence electrons. The molecule has 0 aromatic heterocycles. The molecule has 4 atom stereocenters. The van der Waals surface area contributed by atoms with Gasteiger partial charge in [-0.1, -0.05) is 20.8 Å². The van der Waals surface area contributed by atoms with Crippen molar-refractivity contribution in [2.75, 3.05) is 0 Å². The summed E-state index contributed by atoms with van der Waals surface area (Å²) >= 11 is 0. The number of aliphatic carboxylic acids is 1. The summed E-state index contributed by atoms with van der Waals surface area (Å²) in [6, 6.07) is 0.492. The Bertz CT molecular complexity index is 328. The van der Waals surface area contributed by atoms with Crippen molar-refractivity contribution in [1.29, 1.82) is 0 Å². The van der Waals surface area contributed by atoms with Gasteiger partial charge in [0.25, 0.3) is 0 Å². The van der Waals surface area contributed by atoms with Crippen LogP contribution >= 0.6 is 0 Å². The third-order valence-electron chi connectivity index (χ3n) is 4.66. The van der Waals surface area contributed by atoms with E-state index < -0.39 is 12.1 Å². The lowest BCUT2D eigenvalue weighted by Gasteiger charge is -2.61. The highest BCUT2D eigenvalue weighted by Gasteiger charge is 2.55. The van der Waals surface area contributed by atoms with E-state index in [0.717, 1.165) is 17.8 Å². The van der Waals surface area contributed by atoms with Crippen LogP contribution in [0.3, 0.4) is 0 Å². The highest BCUT2D eigenvalue weighted by Crippen LogP contribution is 2.60. The zero-order valence-corrected chi connectivity index (χ0v) is 10.8. The molecular formula is C12H20F3NO2. The van der Waals surface area contributed by atoms with E-state index in [1.807, 2.05) is 0 Å². The third kappa shape index (κ3) is 2.79. The number of fused-ring (bicyclic) bond motifs is 2. The van der Waals surface area contributed by atoms with Crippen molar-refractivity contribution in [1.82, 2.24) is 0 Å². The standard InChI is InChI=1S/C10H19N.C2HF3O2/c1-6-8-4-7(5-9(6)11)10(8,2)3;3-2(4,5)1(6)7/h6-9H,4-5,11H2,1-3H3;(H,6,7)/t6-,7+,8-,9-;/m0./s1. The first-order valence-electron chi connectivity index (χ1n) is 6.03. The number of hydrogen-bond acceptors (Lipinski definition) is 2. The van der Waals surface area contributed by atoms with Gasteiger partial charge in [0.1, 0.15) is 0 Å². The molecule has 0 saturated heterocycles. The van der Waals surface area contributed by atoms with Crippen LogP contribution < -0.4 is 5.73 Å². The SMILES string of the molecule is C[C@@H]1[C@@H](N)C[C@H]2C[C@@H]1C2(C)C.O=C(O)C(F)(F)F. The Balaban J connectivity index is 0.000000203. The normalized spacial score (nSPS) is 37.1. The first kappa shape index (κ1) is 15.3.